The van der Waals surface area contributed by atoms with Crippen LogP contribution in [0, 0.1) is 5.82 Å². The van der Waals surface area contributed by atoms with E-state index in [0.29, 0.717) is 28.7 Å². The highest BCUT2D eigenvalue weighted by molar-refractivity contribution is 7.17. The number of ether oxygens (including phenoxy) is 1. The molecule has 28 heavy (non-hydrogen) atoms. The second-order valence-electron chi connectivity index (χ2n) is 6.22. The lowest BCUT2D eigenvalue weighted by Crippen LogP contribution is -2.17. The zero-order chi connectivity index (χ0) is 19.7. The Bertz CT molecular complexity index is 1170. The predicted molar refractivity (Wildman–Crippen MR) is 111 cm³/mol. The Morgan fingerprint density at radius 1 is 1.21 bits per heavy atom. The van der Waals surface area contributed by atoms with Crippen LogP contribution in [0.25, 0.3) is 10.2 Å². The summed E-state index contributed by atoms with van der Waals surface area (Å²) in [6.45, 7) is 0.393. The molecule has 1 amide bonds. The van der Waals surface area contributed by atoms with E-state index in [-0.39, 0.29) is 11.7 Å². The third kappa shape index (κ3) is 3.61. The minimum absolute atomic E-state index is 0.263. The van der Waals surface area contributed by atoms with Crippen LogP contribution in [0.2, 0.25) is 5.02 Å². The lowest BCUT2D eigenvalue weighted by Gasteiger charge is -2.12. The van der Waals surface area contributed by atoms with Crippen molar-refractivity contribution in [3.63, 3.8) is 0 Å². The van der Waals surface area contributed by atoms with Crippen molar-refractivity contribution in [2.24, 2.45) is 0 Å². The molecule has 4 rings (SSSR count). The van der Waals surface area contributed by atoms with Crippen molar-refractivity contribution in [3.05, 3.63) is 82.1 Å². The molecule has 7 heteroatoms. The van der Waals surface area contributed by atoms with Gasteiger partial charge in [0.25, 0.3) is 5.91 Å². The van der Waals surface area contributed by atoms with Crippen molar-refractivity contribution < 1.29 is 13.9 Å². The fourth-order valence-corrected chi connectivity index (χ4v) is 4.17. The van der Waals surface area contributed by atoms with Gasteiger partial charge in [-0.1, -0.05) is 23.7 Å². The molecule has 142 valence electrons. The zero-order valence-corrected chi connectivity index (χ0v) is 16.5. The first kappa shape index (κ1) is 18.5. The molecule has 4 nitrogen and oxygen atoms in total. The number of carbonyl (C=O) groups is 1. The van der Waals surface area contributed by atoms with Crippen LogP contribution in [0.5, 0.6) is 5.75 Å². The fourth-order valence-electron chi connectivity index (χ4n) is 3.09. The van der Waals surface area contributed by atoms with Crippen LogP contribution in [-0.2, 0) is 6.54 Å². The molecule has 2 aromatic carbocycles. The topological polar surface area (TPSA) is 43.3 Å². The Hall–Kier alpha value is -2.83. The van der Waals surface area contributed by atoms with Crippen molar-refractivity contribution in [1.82, 2.24) is 4.57 Å². The van der Waals surface area contributed by atoms with Gasteiger partial charge in [-0.3, -0.25) is 4.79 Å². The molecule has 0 aliphatic heterocycles. The number of nitrogens with one attached hydrogen (secondary N) is 1. The molecule has 0 unspecified atom stereocenters. The molecule has 0 saturated heterocycles. The maximum Gasteiger partial charge on any atom is 0.272 e. The summed E-state index contributed by atoms with van der Waals surface area (Å²) in [5.41, 5.74) is 2.79. The number of hydrogen-bond acceptors (Lipinski definition) is 3. The Morgan fingerprint density at radius 3 is 2.82 bits per heavy atom. The van der Waals surface area contributed by atoms with Crippen LogP contribution < -0.4 is 10.1 Å². The predicted octanol–water partition coefficient (Wildman–Crippen LogP) is 5.80. The van der Waals surface area contributed by atoms with E-state index in [1.54, 1.807) is 35.6 Å². The van der Waals surface area contributed by atoms with Gasteiger partial charge in [-0.2, -0.15) is 0 Å². The Labute approximate surface area is 170 Å². The van der Waals surface area contributed by atoms with E-state index in [1.165, 1.54) is 19.2 Å². The van der Waals surface area contributed by atoms with E-state index in [4.69, 9.17) is 16.3 Å². The number of hydrogen-bond donors (Lipinski definition) is 1. The van der Waals surface area contributed by atoms with Crippen LogP contribution in [-0.4, -0.2) is 17.6 Å². The first-order chi connectivity index (χ1) is 13.5. The Balaban J connectivity index is 1.67. The summed E-state index contributed by atoms with van der Waals surface area (Å²) in [7, 11) is 1.53. The molecule has 0 aliphatic rings. The monoisotopic (exact) mass is 414 g/mol. The molecule has 2 aromatic heterocycles. The van der Waals surface area contributed by atoms with Crippen LogP contribution >= 0.6 is 22.9 Å². The first-order valence-electron chi connectivity index (χ1n) is 8.51. The molecular formula is C21H16ClFN2O2S. The minimum Gasteiger partial charge on any atom is -0.495 e. The van der Waals surface area contributed by atoms with Crippen LogP contribution in [0.4, 0.5) is 10.1 Å². The summed E-state index contributed by atoms with van der Waals surface area (Å²) in [4.78, 5) is 12.9. The van der Waals surface area contributed by atoms with Gasteiger partial charge in [-0.05, 0) is 53.4 Å². The van der Waals surface area contributed by atoms with Gasteiger partial charge in [0.1, 0.15) is 17.3 Å². The maximum atomic E-state index is 13.6. The molecule has 0 aliphatic carbocycles. The van der Waals surface area contributed by atoms with Gasteiger partial charge in [-0.25, -0.2) is 4.39 Å². The second-order valence-corrected chi connectivity index (χ2v) is 7.57. The number of nitrogens with zero attached hydrogens (tertiary/aromatic N) is 1. The van der Waals surface area contributed by atoms with Gasteiger partial charge >= 0.3 is 0 Å². The highest BCUT2D eigenvalue weighted by Gasteiger charge is 2.17. The number of anilines is 1. The van der Waals surface area contributed by atoms with Crippen LogP contribution in [0.15, 0.2) is 60.0 Å². The first-order valence-corrected chi connectivity index (χ1v) is 9.77. The summed E-state index contributed by atoms with van der Waals surface area (Å²) >= 11 is 7.70. The number of thiophene rings is 1. The molecule has 0 bridgehead atoms. The van der Waals surface area contributed by atoms with Gasteiger partial charge in [0.15, 0.2) is 0 Å². The number of benzene rings is 2. The lowest BCUT2D eigenvalue weighted by molar-refractivity contribution is 0.101. The Morgan fingerprint density at radius 2 is 2.07 bits per heavy atom. The standard InChI is InChI=1S/C21H16ClFN2O2S/c1-27-19-6-5-15(10-16(19)22)24-21(26)18-11-20-17(7-8-28-20)25(18)12-13-3-2-4-14(23)9-13/h2-11H,12H2,1H3,(H,24,26). The molecule has 0 fully saturated rings. The molecule has 0 spiro atoms. The third-order valence-corrected chi connectivity index (χ3v) is 5.54. The summed E-state index contributed by atoms with van der Waals surface area (Å²) in [6.07, 6.45) is 0. The molecule has 0 atom stereocenters. The number of carbonyl (C=O) groups excluding carboxylic acids is 1. The van der Waals surface area contributed by atoms with E-state index >= 15 is 0 Å². The van der Waals surface area contributed by atoms with E-state index in [2.05, 4.69) is 5.32 Å². The average Bonchev–Trinajstić information content (AvgIpc) is 3.25. The molecule has 1 N–H and O–H groups in total. The second kappa shape index (κ2) is 7.66. The average molecular weight is 415 g/mol. The number of fused-ring (bicyclic) bond motifs is 1. The molecule has 4 aromatic rings. The van der Waals surface area contributed by atoms with Crippen molar-refractivity contribution in [2.45, 2.75) is 6.54 Å². The minimum atomic E-state index is -0.301. The van der Waals surface area contributed by atoms with Crippen LogP contribution in [0.3, 0.4) is 0 Å². The maximum absolute atomic E-state index is 13.6. The van der Waals surface area contributed by atoms with Crippen molar-refractivity contribution in [2.75, 3.05) is 12.4 Å². The van der Waals surface area contributed by atoms with E-state index in [9.17, 15) is 9.18 Å². The van der Waals surface area contributed by atoms with Crippen molar-refractivity contribution >= 4 is 44.7 Å². The quantitative estimate of drug-likeness (QED) is 0.448. The molecule has 0 radical (unpaired) electrons. The lowest BCUT2D eigenvalue weighted by atomic mass is 10.2. The number of methoxy groups -OCH3 is 1. The van der Waals surface area contributed by atoms with E-state index < -0.39 is 0 Å². The van der Waals surface area contributed by atoms with E-state index in [0.717, 1.165) is 15.8 Å². The number of aromatic nitrogens is 1. The van der Waals surface area contributed by atoms with Gasteiger partial charge < -0.3 is 14.6 Å². The van der Waals surface area contributed by atoms with Crippen LogP contribution in [0.1, 0.15) is 16.1 Å². The van der Waals surface area contributed by atoms with Gasteiger partial charge in [0.2, 0.25) is 0 Å². The van der Waals surface area contributed by atoms with Crippen molar-refractivity contribution in [1.29, 1.82) is 0 Å². The largest absolute Gasteiger partial charge is 0.495 e. The highest BCUT2D eigenvalue weighted by atomic mass is 35.5. The normalized spacial score (nSPS) is 11.0. The smallest absolute Gasteiger partial charge is 0.272 e. The van der Waals surface area contributed by atoms with Crippen molar-refractivity contribution in [3.8, 4) is 5.75 Å². The fraction of sp³-hybridized carbons (Fsp3) is 0.0952. The number of rotatable bonds is 5. The summed E-state index contributed by atoms with van der Waals surface area (Å²) in [5.74, 6) is -0.0270. The van der Waals surface area contributed by atoms with Gasteiger partial charge in [0, 0.05) is 12.2 Å². The summed E-state index contributed by atoms with van der Waals surface area (Å²) in [5, 5.41) is 5.25. The zero-order valence-electron chi connectivity index (χ0n) is 14.9. The summed E-state index contributed by atoms with van der Waals surface area (Å²) < 4.78 is 21.6. The number of halogens is 2. The SMILES string of the molecule is COc1ccc(NC(=O)c2cc3sccc3n2Cc2cccc(F)c2)cc1Cl. The molecule has 2 heterocycles. The summed E-state index contributed by atoms with van der Waals surface area (Å²) in [6, 6.07) is 15.3. The number of amides is 1. The Kier molecular flexibility index (Phi) is 5.07. The van der Waals surface area contributed by atoms with Gasteiger partial charge in [0.05, 0.1) is 22.3 Å². The third-order valence-electron chi connectivity index (χ3n) is 4.39. The highest BCUT2D eigenvalue weighted by Crippen LogP contribution is 2.29. The van der Waals surface area contributed by atoms with E-state index in [1.807, 2.05) is 28.1 Å². The van der Waals surface area contributed by atoms with Gasteiger partial charge in [-0.15, -0.1) is 11.3 Å². The molecule has 0 saturated carbocycles. The molecular weight excluding hydrogens is 399 g/mol.